The van der Waals surface area contributed by atoms with Crippen molar-refractivity contribution in [3.8, 4) is 11.1 Å². The van der Waals surface area contributed by atoms with E-state index in [1.807, 2.05) is 54.3 Å². The second-order valence-electron chi connectivity index (χ2n) is 4.00. The Hall–Kier alpha value is -1.74. The van der Waals surface area contributed by atoms with Crippen molar-refractivity contribution in [2.75, 3.05) is 5.75 Å². The lowest BCUT2D eigenvalue weighted by Gasteiger charge is -2.07. The number of pyridine rings is 1. The molecule has 0 saturated heterocycles. The van der Waals surface area contributed by atoms with Crippen molar-refractivity contribution in [2.24, 2.45) is 7.05 Å². The summed E-state index contributed by atoms with van der Waals surface area (Å²) in [6.07, 6.45) is 5.54. The summed E-state index contributed by atoms with van der Waals surface area (Å²) < 4.78 is 1.93. The molecular formula is C15H15NOS. The van der Waals surface area contributed by atoms with Crippen molar-refractivity contribution in [3.05, 3.63) is 65.6 Å². The van der Waals surface area contributed by atoms with E-state index in [2.05, 4.69) is 6.58 Å². The molecule has 18 heavy (non-hydrogen) atoms. The van der Waals surface area contributed by atoms with Crippen LogP contribution in [0.1, 0.15) is 0 Å². The monoisotopic (exact) mass is 257 g/mol. The lowest BCUT2D eigenvalue weighted by atomic mass is 10.1. The molecule has 0 bridgehead atoms. The molecule has 0 amide bonds. The zero-order valence-electron chi connectivity index (χ0n) is 10.3. The average Bonchev–Trinajstić information content (AvgIpc) is 2.40. The Labute approximate surface area is 111 Å². The van der Waals surface area contributed by atoms with Crippen molar-refractivity contribution >= 4 is 11.8 Å². The van der Waals surface area contributed by atoms with Crippen LogP contribution in [0.25, 0.3) is 11.1 Å². The van der Waals surface area contributed by atoms with Crippen molar-refractivity contribution in [3.63, 3.8) is 0 Å². The zero-order valence-corrected chi connectivity index (χ0v) is 11.1. The maximum absolute atomic E-state index is 12.4. The number of nitrogens with zero attached hydrogens (tertiary/aromatic N) is 1. The second kappa shape index (κ2) is 5.74. The minimum absolute atomic E-state index is 0.0890. The highest BCUT2D eigenvalue weighted by molar-refractivity contribution is 7.99. The molecule has 2 nitrogen and oxygen atoms in total. The van der Waals surface area contributed by atoms with E-state index in [9.17, 15) is 4.79 Å². The van der Waals surface area contributed by atoms with Crippen LogP contribution in [0.4, 0.5) is 0 Å². The van der Waals surface area contributed by atoms with E-state index in [1.165, 1.54) is 11.8 Å². The van der Waals surface area contributed by atoms with Gasteiger partial charge in [0.25, 0.3) is 0 Å². The summed E-state index contributed by atoms with van der Waals surface area (Å²) in [4.78, 5) is 13.1. The molecule has 3 heteroatoms. The van der Waals surface area contributed by atoms with E-state index in [4.69, 9.17) is 0 Å². The fourth-order valence-corrected chi connectivity index (χ4v) is 2.53. The highest BCUT2D eigenvalue weighted by Gasteiger charge is 2.08. The van der Waals surface area contributed by atoms with Gasteiger partial charge in [-0.05, 0) is 5.56 Å². The predicted molar refractivity (Wildman–Crippen MR) is 78.0 cm³/mol. The van der Waals surface area contributed by atoms with Gasteiger partial charge in [-0.2, -0.15) is 0 Å². The molecule has 0 fully saturated rings. The van der Waals surface area contributed by atoms with Gasteiger partial charge in [0.15, 0.2) is 0 Å². The van der Waals surface area contributed by atoms with Crippen LogP contribution in [0.3, 0.4) is 0 Å². The molecule has 0 radical (unpaired) electrons. The highest BCUT2D eigenvalue weighted by Crippen LogP contribution is 2.19. The Morgan fingerprint density at radius 2 is 2.00 bits per heavy atom. The largest absolute Gasteiger partial charge is 0.355 e. The minimum atomic E-state index is 0.0890. The summed E-state index contributed by atoms with van der Waals surface area (Å²) in [7, 11) is 1.93. The van der Waals surface area contributed by atoms with E-state index in [-0.39, 0.29) is 5.43 Å². The van der Waals surface area contributed by atoms with Gasteiger partial charge in [-0.25, -0.2) is 0 Å². The smallest absolute Gasteiger partial charge is 0.202 e. The van der Waals surface area contributed by atoms with E-state index in [1.54, 1.807) is 6.08 Å². The summed E-state index contributed by atoms with van der Waals surface area (Å²) in [5, 5.41) is 0. The molecule has 2 aromatic rings. The molecule has 92 valence electrons. The maximum Gasteiger partial charge on any atom is 0.202 e. The summed E-state index contributed by atoms with van der Waals surface area (Å²) in [5.74, 6) is 0.744. The average molecular weight is 257 g/mol. The van der Waals surface area contributed by atoms with Gasteiger partial charge >= 0.3 is 0 Å². The van der Waals surface area contributed by atoms with Gasteiger partial charge in [-0.3, -0.25) is 4.79 Å². The first kappa shape index (κ1) is 12.7. The molecule has 1 aromatic heterocycles. The first-order valence-electron chi connectivity index (χ1n) is 5.72. The summed E-state index contributed by atoms with van der Waals surface area (Å²) in [6, 6.07) is 9.75. The van der Waals surface area contributed by atoms with Crippen LogP contribution in [0.2, 0.25) is 0 Å². The van der Waals surface area contributed by atoms with Gasteiger partial charge in [0.2, 0.25) is 5.43 Å². The van der Waals surface area contributed by atoms with Gasteiger partial charge in [0.1, 0.15) is 0 Å². The van der Waals surface area contributed by atoms with Crippen LogP contribution < -0.4 is 5.43 Å². The third-order valence-electron chi connectivity index (χ3n) is 2.56. The van der Waals surface area contributed by atoms with Gasteiger partial charge in [0.05, 0.1) is 4.90 Å². The van der Waals surface area contributed by atoms with Gasteiger partial charge in [0, 0.05) is 30.8 Å². The fourth-order valence-electron chi connectivity index (χ4n) is 1.75. The molecule has 1 heterocycles. The molecule has 1 aromatic carbocycles. The lowest BCUT2D eigenvalue weighted by molar-refractivity contribution is 0.877. The van der Waals surface area contributed by atoms with Crippen LogP contribution in [-0.4, -0.2) is 10.3 Å². The first-order valence-corrected chi connectivity index (χ1v) is 6.70. The Bertz CT molecular complexity index is 602. The van der Waals surface area contributed by atoms with E-state index in [0.29, 0.717) is 0 Å². The van der Waals surface area contributed by atoms with Crippen molar-refractivity contribution in [1.29, 1.82) is 0 Å². The van der Waals surface area contributed by atoms with Crippen LogP contribution in [-0.2, 0) is 7.05 Å². The van der Waals surface area contributed by atoms with Crippen molar-refractivity contribution < 1.29 is 0 Å². The number of aromatic nitrogens is 1. The van der Waals surface area contributed by atoms with Gasteiger partial charge in [-0.1, -0.05) is 36.4 Å². The third-order valence-corrected chi connectivity index (χ3v) is 3.57. The number of aryl methyl sites for hydroxylation is 1. The predicted octanol–water partition coefficient (Wildman–Crippen LogP) is 3.33. The van der Waals surface area contributed by atoms with Crippen molar-refractivity contribution in [1.82, 2.24) is 4.57 Å². The summed E-state index contributed by atoms with van der Waals surface area (Å²) in [5.41, 5.74) is 1.79. The summed E-state index contributed by atoms with van der Waals surface area (Å²) >= 11 is 1.52. The number of thioether (sulfide) groups is 1. The molecule has 0 N–H and O–H groups in total. The second-order valence-corrected chi connectivity index (χ2v) is 5.06. The Morgan fingerprint density at radius 3 is 2.67 bits per heavy atom. The topological polar surface area (TPSA) is 22.0 Å². The number of benzene rings is 1. The maximum atomic E-state index is 12.4. The number of hydrogen-bond acceptors (Lipinski definition) is 2. The van der Waals surface area contributed by atoms with E-state index >= 15 is 0 Å². The molecule has 0 atom stereocenters. The normalized spacial score (nSPS) is 10.3. The molecule has 2 rings (SSSR count). The number of rotatable bonds is 4. The van der Waals surface area contributed by atoms with Gasteiger partial charge in [-0.15, -0.1) is 18.3 Å². The van der Waals surface area contributed by atoms with E-state index in [0.717, 1.165) is 21.8 Å². The molecular weight excluding hydrogens is 242 g/mol. The van der Waals surface area contributed by atoms with Crippen LogP contribution in [0.5, 0.6) is 0 Å². The molecule has 0 spiro atoms. The lowest BCUT2D eigenvalue weighted by Crippen LogP contribution is -2.11. The SMILES string of the molecule is C=CCSc1cn(C)cc(-c2ccccc2)c1=O. The zero-order chi connectivity index (χ0) is 13.0. The Morgan fingerprint density at radius 1 is 1.28 bits per heavy atom. The standard InChI is InChI=1S/C15H15NOS/c1-3-9-18-14-11-16(2)10-13(15(14)17)12-7-5-4-6-8-12/h3-8,10-11H,1,9H2,2H3. The van der Waals surface area contributed by atoms with Crippen molar-refractivity contribution in [2.45, 2.75) is 4.90 Å². The van der Waals surface area contributed by atoms with E-state index < -0.39 is 0 Å². The van der Waals surface area contributed by atoms with Crippen LogP contribution >= 0.6 is 11.8 Å². The number of hydrogen-bond donors (Lipinski definition) is 0. The molecule has 0 aliphatic rings. The van der Waals surface area contributed by atoms with Crippen LogP contribution in [0, 0.1) is 0 Å². The Kier molecular flexibility index (Phi) is 4.05. The van der Waals surface area contributed by atoms with Crippen LogP contribution in [0.15, 0.2) is 65.1 Å². The Balaban J connectivity index is 2.52. The molecule has 0 aliphatic heterocycles. The quantitative estimate of drug-likeness (QED) is 0.619. The summed E-state index contributed by atoms with van der Waals surface area (Å²) in [6.45, 7) is 3.68. The highest BCUT2D eigenvalue weighted by atomic mass is 32.2. The first-order chi connectivity index (χ1) is 8.72. The fraction of sp³-hybridized carbons (Fsp3) is 0.133. The molecule has 0 unspecified atom stereocenters. The van der Waals surface area contributed by atoms with Gasteiger partial charge < -0.3 is 4.57 Å². The molecule has 0 aliphatic carbocycles. The minimum Gasteiger partial charge on any atom is -0.355 e. The molecule has 0 saturated carbocycles. The third kappa shape index (κ3) is 2.74.